The van der Waals surface area contributed by atoms with E-state index in [1.165, 1.54) is 12.1 Å². The highest BCUT2D eigenvalue weighted by molar-refractivity contribution is 5.63. The summed E-state index contributed by atoms with van der Waals surface area (Å²) in [7, 11) is 0. The molecule has 0 fully saturated rings. The van der Waals surface area contributed by atoms with E-state index >= 15 is 0 Å². The van der Waals surface area contributed by atoms with Gasteiger partial charge in [-0.2, -0.15) is 4.39 Å². The summed E-state index contributed by atoms with van der Waals surface area (Å²) in [5.74, 6) is -0.496. The maximum Gasteiger partial charge on any atom is 0.305 e. The standard InChI is InChI=1S/C9H6FN3O3/c10-6-2-1-5(3-7(6)13(14)15)8-4-9(11)12-16-8/h1-4H,(H2,11,12). The highest BCUT2D eigenvalue weighted by Gasteiger charge is 2.16. The highest BCUT2D eigenvalue weighted by atomic mass is 19.1. The molecule has 0 amide bonds. The van der Waals surface area contributed by atoms with E-state index < -0.39 is 16.4 Å². The van der Waals surface area contributed by atoms with Crippen molar-refractivity contribution in [2.75, 3.05) is 5.73 Å². The van der Waals surface area contributed by atoms with Gasteiger partial charge in [0.25, 0.3) is 0 Å². The SMILES string of the molecule is Nc1cc(-c2ccc(F)c([N+](=O)[O-])c2)on1. The maximum absolute atomic E-state index is 13.0. The van der Waals surface area contributed by atoms with Crippen LogP contribution in [0.2, 0.25) is 0 Å². The minimum atomic E-state index is -0.902. The monoisotopic (exact) mass is 223 g/mol. The Morgan fingerprint density at radius 1 is 1.44 bits per heavy atom. The largest absolute Gasteiger partial charge is 0.381 e. The predicted molar refractivity (Wildman–Crippen MR) is 53.0 cm³/mol. The summed E-state index contributed by atoms with van der Waals surface area (Å²) >= 11 is 0. The van der Waals surface area contributed by atoms with Crippen molar-refractivity contribution >= 4 is 11.5 Å². The van der Waals surface area contributed by atoms with Gasteiger partial charge < -0.3 is 10.3 Å². The van der Waals surface area contributed by atoms with Gasteiger partial charge >= 0.3 is 5.69 Å². The number of nitrogens with two attached hydrogens (primary N) is 1. The summed E-state index contributed by atoms with van der Waals surface area (Å²) in [5, 5.41) is 13.9. The maximum atomic E-state index is 13.0. The van der Waals surface area contributed by atoms with Gasteiger partial charge in [0, 0.05) is 17.7 Å². The molecule has 1 aromatic carbocycles. The Morgan fingerprint density at radius 3 is 2.75 bits per heavy atom. The van der Waals surface area contributed by atoms with Crippen molar-refractivity contribution in [3.05, 3.63) is 40.2 Å². The molecule has 2 aromatic rings. The van der Waals surface area contributed by atoms with Crippen LogP contribution in [0.1, 0.15) is 0 Å². The zero-order valence-electron chi connectivity index (χ0n) is 7.88. The zero-order valence-corrected chi connectivity index (χ0v) is 7.88. The Morgan fingerprint density at radius 2 is 2.19 bits per heavy atom. The second kappa shape index (κ2) is 3.61. The lowest BCUT2D eigenvalue weighted by Crippen LogP contribution is -1.92. The van der Waals surface area contributed by atoms with Crippen LogP contribution in [0.15, 0.2) is 28.8 Å². The van der Waals surface area contributed by atoms with Crippen LogP contribution in [0.25, 0.3) is 11.3 Å². The Hall–Kier alpha value is -2.44. The number of hydrogen-bond acceptors (Lipinski definition) is 5. The number of nitrogen functional groups attached to an aromatic ring is 1. The normalized spacial score (nSPS) is 10.3. The van der Waals surface area contributed by atoms with Crippen LogP contribution in [0.4, 0.5) is 15.9 Å². The summed E-state index contributed by atoms with van der Waals surface area (Å²) in [4.78, 5) is 9.70. The quantitative estimate of drug-likeness (QED) is 0.620. The third-order valence-electron chi connectivity index (χ3n) is 1.96. The van der Waals surface area contributed by atoms with E-state index in [0.29, 0.717) is 5.56 Å². The molecule has 0 saturated carbocycles. The van der Waals surface area contributed by atoms with Gasteiger partial charge in [-0.05, 0) is 12.1 Å². The van der Waals surface area contributed by atoms with E-state index in [1.54, 1.807) is 0 Å². The molecule has 1 heterocycles. The van der Waals surface area contributed by atoms with Crippen LogP contribution in [0.5, 0.6) is 0 Å². The Labute approximate surface area is 88.6 Å². The van der Waals surface area contributed by atoms with E-state index in [1.807, 2.05) is 0 Å². The fourth-order valence-electron chi connectivity index (χ4n) is 1.23. The second-order valence-corrected chi connectivity index (χ2v) is 3.04. The van der Waals surface area contributed by atoms with Gasteiger partial charge in [0.2, 0.25) is 5.82 Å². The molecular weight excluding hydrogens is 217 g/mol. The van der Waals surface area contributed by atoms with Crippen LogP contribution in [0, 0.1) is 15.9 Å². The van der Waals surface area contributed by atoms with Crippen molar-refractivity contribution in [2.45, 2.75) is 0 Å². The molecule has 0 bridgehead atoms. The van der Waals surface area contributed by atoms with Crippen molar-refractivity contribution in [3.63, 3.8) is 0 Å². The molecule has 2 N–H and O–H groups in total. The number of nitrogens with zero attached hydrogens (tertiary/aromatic N) is 2. The molecule has 0 aliphatic rings. The first kappa shape index (κ1) is 10.1. The van der Waals surface area contributed by atoms with Crippen LogP contribution in [-0.4, -0.2) is 10.1 Å². The first-order chi connectivity index (χ1) is 7.58. The van der Waals surface area contributed by atoms with Crippen molar-refractivity contribution in [3.8, 4) is 11.3 Å². The van der Waals surface area contributed by atoms with E-state index in [9.17, 15) is 14.5 Å². The number of hydrogen-bond donors (Lipinski definition) is 1. The molecular formula is C9H6FN3O3. The second-order valence-electron chi connectivity index (χ2n) is 3.04. The molecule has 7 heteroatoms. The number of halogens is 1. The molecule has 0 saturated heterocycles. The van der Waals surface area contributed by atoms with Crippen molar-refractivity contribution < 1.29 is 13.8 Å². The first-order valence-corrected chi connectivity index (χ1v) is 4.24. The number of anilines is 1. The third kappa shape index (κ3) is 1.70. The fraction of sp³-hybridized carbons (Fsp3) is 0. The number of benzene rings is 1. The molecule has 0 atom stereocenters. The van der Waals surface area contributed by atoms with Gasteiger partial charge in [-0.3, -0.25) is 10.1 Å². The summed E-state index contributed by atoms with van der Waals surface area (Å²) in [5.41, 5.74) is 5.06. The van der Waals surface area contributed by atoms with Gasteiger partial charge in [-0.15, -0.1) is 0 Å². The number of aromatic nitrogens is 1. The van der Waals surface area contributed by atoms with Crippen molar-refractivity contribution in [1.82, 2.24) is 5.16 Å². The van der Waals surface area contributed by atoms with Crippen molar-refractivity contribution in [1.29, 1.82) is 0 Å². The number of rotatable bonds is 2. The van der Waals surface area contributed by atoms with Crippen LogP contribution < -0.4 is 5.73 Å². The van der Waals surface area contributed by atoms with E-state index in [4.69, 9.17) is 10.3 Å². The average molecular weight is 223 g/mol. The van der Waals surface area contributed by atoms with Gasteiger partial charge in [-0.1, -0.05) is 5.16 Å². The van der Waals surface area contributed by atoms with E-state index in [-0.39, 0.29) is 11.6 Å². The molecule has 0 spiro atoms. The minimum Gasteiger partial charge on any atom is -0.381 e. The number of nitro benzene ring substituents is 1. The fourth-order valence-corrected chi connectivity index (χ4v) is 1.23. The molecule has 0 aliphatic carbocycles. The first-order valence-electron chi connectivity index (χ1n) is 4.24. The molecule has 2 rings (SSSR count). The lowest BCUT2D eigenvalue weighted by molar-refractivity contribution is -0.387. The van der Waals surface area contributed by atoms with E-state index in [0.717, 1.165) is 12.1 Å². The molecule has 82 valence electrons. The van der Waals surface area contributed by atoms with Crippen LogP contribution in [-0.2, 0) is 0 Å². The Bertz CT molecular complexity index is 553. The van der Waals surface area contributed by atoms with Crippen LogP contribution in [0.3, 0.4) is 0 Å². The predicted octanol–water partition coefficient (Wildman–Crippen LogP) is 1.97. The Balaban J connectivity index is 2.51. The highest BCUT2D eigenvalue weighted by Crippen LogP contribution is 2.27. The third-order valence-corrected chi connectivity index (χ3v) is 1.96. The van der Waals surface area contributed by atoms with Crippen molar-refractivity contribution in [2.24, 2.45) is 0 Å². The minimum absolute atomic E-state index is 0.155. The van der Waals surface area contributed by atoms with Crippen LogP contribution >= 0.6 is 0 Å². The average Bonchev–Trinajstić information content (AvgIpc) is 2.65. The molecule has 1 aromatic heterocycles. The van der Waals surface area contributed by atoms with Gasteiger partial charge in [0.1, 0.15) is 0 Å². The van der Waals surface area contributed by atoms with Gasteiger partial charge in [0.05, 0.1) is 4.92 Å². The summed E-state index contributed by atoms with van der Waals surface area (Å²) in [6, 6.07) is 4.81. The summed E-state index contributed by atoms with van der Waals surface area (Å²) < 4.78 is 17.8. The van der Waals surface area contributed by atoms with Gasteiger partial charge in [0.15, 0.2) is 11.6 Å². The summed E-state index contributed by atoms with van der Waals surface area (Å²) in [6.45, 7) is 0. The zero-order chi connectivity index (χ0) is 11.7. The molecule has 16 heavy (non-hydrogen) atoms. The molecule has 0 radical (unpaired) electrons. The molecule has 6 nitrogen and oxygen atoms in total. The lowest BCUT2D eigenvalue weighted by Gasteiger charge is -1.96. The lowest BCUT2D eigenvalue weighted by atomic mass is 10.1. The van der Waals surface area contributed by atoms with E-state index in [2.05, 4.69) is 5.16 Å². The van der Waals surface area contributed by atoms with Gasteiger partial charge in [-0.25, -0.2) is 0 Å². The Kier molecular flexibility index (Phi) is 2.28. The molecule has 0 aliphatic heterocycles. The molecule has 0 unspecified atom stereocenters. The number of nitro groups is 1. The smallest absolute Gasteiger partial charge is 0.305 e. The topological polar surface area (TPSA) is 95.2 Å². The summed E-state index contributed by atoms with van der Waals surface area (Å²) in [6.07, 6.45) is 0.